The van der Waals surface area contributed by atoms with Gasteiger partial charge < -0.3 is 4.90 Å². The molecule has 3 heteroatoms. The van der Waals surface area contributed by atoms with Gasteiger partial charge in [-0.15, -0.1) is 0 Å². The van der Waals surface area contributed by atoms with Gasteiger partial charge >= 0.3 is 0 Å². The van der Waals surface area contributed by atoms with E-state index in [2.05, 4.69) is 13.8 Å². The molecule has 0 unspecified atom stereocenters. The van der Waals surface area contributed by atoms with Crippen molar-refractivity contribution in [2.45, 2.75) is 52.0 Å². The maximum atomic E-state index is 11.8. The molecule has 0 saturated heterocycles. The number of carbonyl (C=O) groups is 2. The number of Topliss-reactive ketones (excluding diaryl/α,β-unsaturated/α-hetero) is 1. The van der Waals surface area contributed by atoms with Crippen LogP contribution in [0.3, 0.4) is 0 Å². The molecule has 1 aliphatic rings. The van der Waals surface area contributed by atoms with Gasteiger partial charge in [-0.3, -0.25) is 9.59 Å². The van der Waals surface area contributed by atoms with Crippen LogP contribution < -0.4 is 0 Å². The molecule has 0 aromatic heterocycles. The fourth-order valence-corrected chi connectivity index (χ4v) is 2.01. The minimum atomic E-state index is 0.212. The molecule has 1 fully saturated rings. The third-order valence-electron chi connectivity index (χ3n) is 3.04. The average molecular weight is 211 g/mol. The van der Waals surface area contributed by atoms with Crippen molar-refractivity contribution in [1.82, 2.24) is 4.90 Å². The average Bonchev–Trinajstić information content (AvgIpc) is 2.17. The summed E-state index contributed by atoms with van der Waals surface area (Å²) in [6.45, 7) is 4.10. The molecule has 0 bridgehead atoms. The van der Waals surface area contributed by atoms with Crippen LogP contribution >= 0.6 is 0 Å². The van der Waals surface area contributed by atoms with Crippen molar-refractivity contribution in [3.8, 4) is 0 Å². The van der Waals surface area contributed by atoms with E-state index in [0.717, 1.165) is 12.8 Å². The molecule has 0 radical (unpaired) electrons. The van der Waals surface area contributed by atoms with Gasteiger partial charge in [0, 0.05) is 32.4 Å². The van der Waals surface area contributed by atoms with Gasteiger partial charge in [0.2, 0.25) is 5.91 Å². The number of amides is 1. The first-order chi connectivity index (χ1) is 7.00. The Balaban J connectivity index is 2.42. The summed E-state index contributed by atoms with van der Waals surface area (Å²) >= 11 is 0. The zero-order chi connectivity index (χ0) is 11.4. The minimum Gasteiger partial charge on any atom is -0.343 e. The molecule has 0 aromatic carbocycles. The van der Waals surface area contributed by atoms with Gasteiger partial charge in [0.05, 0.1) is 0 Å². The molecule has 0 aliphatic heterocycles. The molecule has 0 aromatic rings. The van der Waals surface area contributed by atoms with E-state index in [-0.39, 0.29) is 11.9 Å². The van der Waals surface area contributed by atoms with Crippen molar-refractivity contribution < 1.29 is 9.59 Å². The third kappa shape index (κ3) is 3.65. The van der Waals surface area contributed by atoms with Crippen molar-refractivity contribution in [2.24, 2.45) is 5.92 Å². The zero-order valence-corrected chi connectivity index (χ0v) is 9.95. The molecule has 0 atom stereocenters. The monoisotopic (exact) mass is 211 g/mol. The Morgan fingerprint density at radius 1 is 1.40 bits per heavy atom. The molecule has 1 aliphatic carbocycles. The molecule has 0 N–H and O–H groups in total. The van der Waals surface area contributed by atoms with Crippen LogP contribution in [0.1, 0.15) is 46.0 Å². The Labute approximate surface area is 91.8 Å². The Bertz CT molecular complexity index is 238. The van der Waals surface area contributed by atoms with Crippen LogP contribution in [-0.2, 0) is 9.59 Å². The van der Waals surface area contributed by atoms with Gasteiger partial charge in [0.15, 0.2) is 0 Å². The molecule has 1 saturated carbocycles. The van der Waals surface area contributed by atoms with Crippen molar-refractivity contribution in [3.05, 3.63) is 0 Å². The normalized spacial score (nSPS) is 18.3. The SMILES string of the molecule is CC(C)CC(=O)N(C)C1CCC(=O)CC1. The summed E-state index contributed by atoms with van der Waals surface area (Å²) in [6, 6.07) is 0.286. The molecule has 3 nitrogen and oxygen atoms in total. The number of hydrogen-bond acceptors (Lipinski definition) is 2. The van der Waals surface area contributed by atoms with Crippen LogP contribution in [0.25, 0.3) is 0 Å². The second kappa shape index (κ2) is 5.29. The first-order valence-corrected chi connectivity index (χ1v) is 5.78. The lowest BCUT2D eigenvalue weighted by atomic mass is 9.93. The highest BCUT2D eigenvalue weighted by molar-refractivity contribution is 5.80. The van der Waals surface area contributed by atoms with E-state index in [9.17, 15) is 9.59 Å². The summed E-state index contributed by atoms with van der Waals surface area (Å²) in [5, 5.41) is 0. The van der Waals surface area contributed by atoms with Gasteiger partial charge in [-0.1, -0.05) is 13.8 Å². The van der Waals surface area contributed by atoms with Crippen molar-refractivity contribution >= 4 is 11.7 Å². The molecule has 1 amide bonds. The predicted molar refractivity (Wildman–Crippen MR) is 59.5 cm³/mol. The fraction of sp³-hybridized carbons (Fsp3) is 0.833. The highest BCUT2D eigenvalue weighted by Gasteiger charge is 2.25. The Hall–Kier alpha value is -0.860. The van der Waals surface area contributed by atoms with E-state index in [1.807, 2.05) is 11.9 Å². The quantitative estimate of drug-likeness (QED) is 0.716. The van der Waals surface area contributed by atoms with Gasteiger partial charge in [-0.2, -0.15) is 0 Å². The van der Waals surface area contributed by atoms with E-state index in [1.54, 1.807) is 0 Å². The number of ketones is 1. The highest BCUT2D eigenvalue weighted by atomic mass is 16.2. The second-order valence-corrected chi connectivity index (χ2v) is 4.87. The van der Waals surface area contributed by atoms with Crippen molar-refractivity contribution in [2.75, 3.05) is 7.05 Å². The van der Waals surface area contributed by atoms with E-state index in [0.29, 0.717) is 31.0 Å². The summed E-state index contributed by atoms with van der Waals surface area (Å²) in [5.41, 5.74) is 0. The summed E-state index contributed by atoms with van der Waals surface area (Å²) in [7, 11) is 1.87. The number of carbonyl (C=O) groups excluding carboxylic acids is 2. The van der Waals surface area contributed by atoms with E-state index < -0.39 is 0 Å². The maximum absolute atomic E-state index is 11.8. The predicted octanol–water partition coefficient (Wildman–Crippen LogP) is 2.00. The largest absolute Gasteiger partial charge is 0.343 e. The van der Waals surface area contributed by atoms with Crippen LogP contribution in [0.15, 0.2) is 0 Å². The smallest absolute Gasteiger partial charge is 0.222 e. The minimum absolute atomic E-state index is 0.212. The van der Waals surface area contributed by atoms with Crippen LogP contribution in [0.4, 0.5) is 0 Å². The molecule has 0 spiro atoms. The lowest BCUT2D eigenvalue weighted by Crippen LogP contribution is -2.39. The molecule has 1 rings (SSSR count). The van der Waals surface area contributed by atoms with Gasteiger partial charge in [0.1, 0.15) is 5.78 Å². The topological polar surface area (TPSA) is 37.4 Å². The first kappa shape index (κ1) is 12.2. The zero-order valence-electron chi connectivity index (χ0n) is 9.95. The lowest BCUT2D eigenvalue weighted by Gasteiger charge is -2.31. The van der Waals surface area contributed by atoms with Crippen molar-refractivity contribution in [1.29, 1.82) is 0 Å². The summed E-state index contributed by atoms with van der Waals surface area (Å²) < 4.78 is 0. The fourth-order valence-electron chi connectivity index (χ4n) is 2.01. The third-order valence-corrected chi connectivity index (χ3v) is 3.04. The van der Waals surface area contributed by atoms with E-state index in [4.69, 9.17) is 0 Å². The van der Waals surface area contributed by atoms with E-state index in [1.165, 1.54) is 0 Å². The Morgan fingerprint density at radius 3 is 2.40 bits per heavy atom. The molecule has 0 heterocycles. The summed E-state index contributed by atoms with van der Waals surface area (Å²) in [5.74, 6) is 0.963. The second-order valence-electron chi connectivity index (χ2n) is 4.87. The van der Waals surface area contributed by atoms with Crippen LogP contribution in [-0.4, -0.2) is 29.7 Å². The van der Waals surface area contributed by atoms with E-state index >= 15 is 0 Å². The molecule has 86 valence electrons. The Morgan fingerprint density at radius 2 is 1.93 bits per heavy atom. The molecule has 15 heavy (non-hydrogen) atoms. The Kier molecular flexibility index (Phi) is 4.30. The first-order valence-electron chi connectivity index (χ1n) is 5.78. The lowest BCUT2D eigenvalue weighted by molar-refractivity contribution is -0.135. The number of hydrogen-bond donors (Lipinski definition) is 0. The molecular weight excluding hydrogens is 190 g/mol. The molecular formula is C12H21NO2. The number of rotatable bonds is 3. The van der Waals surface area contributed by atoms with Crippen LogP contribution in [0.2, 0.25) is 0 Å². The standard InChI is InChI=1S/C12H21NO2/c1-9(2)8-12(15)13(3)10-4-6-11(14)7-5-10/h9-10H,4-8H2,1-3H3. The van der Waals surface area contributed by atoms with Crippen LogP contribution in [0, 0.1) is 5.92 Å². The van der Waals surface area contributed by atoms with Gasteiger partial charge in [-0.25, -0.2) is 0 Å². The van der Waals surface area contributed by atoms with Crippen LogP contribution in [0.5, 0.6) is 0 Å². The summed E-state index contributed by atoms with van der Waals surface area (Å²) in [6.07, 6.45) is 3.59. The summed E-state index contributed by atoms with van der Waals surface area (Å²) in [4.78, 5) is 24.7. The number of nitrogens with zero attached hydrogens (tertiary/aromatic N) is 1. The van der Waals surface area contributed by atoms with Crippen molar-refractivity contribution in [3.63, 3.8) is 0 Å². The maximum Gasteiger partial charge on any atom is 0.222 e. The van der Waals surface area contributed by atoms with Gasteiger partial charge in [-0.05, 0) is 18.8 Å². The highest BCUT2D eigenvalue weighted by Crippen LogP contribution is 2.20. The van der Waals surface area contributed by atoms with Gasteiger partial charge in [0.25, 0.3) is 0 Å².